The highest BCUT2D eigenvalue weighted by atomic mass is 15.2. The molecular formula is C12H23N3. The number of hydrogen-bond acceptors (Lipinski definition) is 3. The molecule has 0 aromatic rings. The molecule has 1 atom stereocenters. The lowest BCUT2D eigenvalue weighted by Crippen LogP contribution is -2.53. The molecule has 0 aromatic carbocycles. The highest BCUT2D eigenvalue weighted by molar-refractivity contribution is 4.88. The van der Waals surface area contributed by atoms with Crippen LogP contribution in [0.3, 0.4) is 0 Å². The van der Waals surface area contributed by atoms with Gasteiger partial charge in [-0.2, -0.15) is 5.26 Å². The fourth-order valence-corrected chi connectivity index (χ4v) is 2.16. The van der Waals surface area contributed by atoms with Gasteiger partial charge in [0, 0.05) is 18.1 Å². The normalized spacial score (nSPS) is 24.1. The smallest absolute Gasteiger partial charge is 0.0866 e. The maximum atomic E-state index is 8.69. The van der Waals surface area contributed by atoms with Gasteiger partial charge in [0.2, 0.25) is 0 Å². The number of likely N-dealkylation sites (tertiary alicyclic amines) is 1. The summed E-state index contributed by atoms with van der Waals surface area (Å²) in [7, 11) is 2.06. The first-order valence-electron chi connectivity index (χ1n) is 5.77. The Kier molecular flexibility index (Phi) is 4.12. The summed E-state index contributed by atoms with van der Waals surface area (Å²) in [4.78, 5) is 4.70. The Balaban J connectivity index is 2.53. The topological polar surface area (TPSA) is 30.3 Å². The summed E-state index contributed by atoms with van der Waals surface area (Å²) in [6, 6.07) is 2.78. The number of piperidine rings is 1. The molecule has 3 heteroatoms. The van der Waals surface area contributed by atoms with E-state index in [2.05, 4.69) is 43.7 Å². The van der Waals surface area contributed by atoms with Crippen molar-refractivity contribution in [3.05, 3.63) is 0 Å². The average Bonchev–Trinajstić information content (AvgIpc) is 2.17. The van der Waals surface area contributed by atoms with Crippen LogP contribution in [0, 0.1) is 11.3 Å². The van der Waals surface area contributed by atoms with Crippen LogP contribution in [0.5, 0.6) is 0 Å². The van der Waals surface area contributed by atoms with Gasteiger partial charge in [-0.25, -0.2) is 0 Å². The molecule has 0 amide bonds. The van der Waals surface area contributed by atoms with Crippen LogP contribution in [-0.4, -0.2) is 48.1 Å². The van der Waals surface area contributed by atoms with E-state index in [0.717, 1.165) is 6.54 Å². The van der Waals surface area contributed by atoms with Crippen LogP contribution in [0.25, 0.3) is 0 Å². The van der Waals surface area contributed by atoms with Crippen molar-refractivity contribution in [2.75, 3.05) is 26.7 Å². The van der Waals surface area contributed by atoms with Crippen LogP contribution in [-0.2, 0) is 0 Å². The largest absolute Gasteiger partial charge is 0.297 e. The predicted octanol–water partition coefficient (Wildman–Crippen LogP) is 1.70. The Morgan fingerprint density at radius 1 is 1.47 bits per heavy atom. The molecule has 86 valence electrons. The number of nitriles is 1. The molecule has 0 N–H and O–H groups in total. The lowest BCUT2D eigenvalue weighted by molar-refractivity contribution is 0.0576. The van der Waals surface area contributed by atoms with Crippen molar-refractivity contribution in [3.8, 4) is 6.07 Å². The van der Waals surface area contributed by atoms with Gasteiger partial charge in [-0.3, -0.25) is 9.80 Å². The highest BCUT2D eigenvalue weighted by Gasteiger charge is 2.29. The number of likely N-dealkylation sites (N-methyl/N-ethyl adjacent to an activating group) is 1. The summed E-state index contributed by atoms with van der Waals surface area (Å²) in [6.45, 7) is 9.63. The van der Waals surface area contributed by atoms with Crippen LogP contribution in [0.4, 0.5) is 0 Å². The molecule has 15 heavy (non-hydrogen) atoms. The summed E-state index contributed by atoms with van der Waals surface area (Å²) < 4.78 is 0. The molecule has 0 spiro atoms. The Morgan fingerprint density at radius 2 is 2.13 bits per heavy atom. The minimum absolute atomic E-state index is 0.256. The molecule has 0 bridgehead atoms. The molecule has 0 aliphatic carbocycles. The number of nitrogens with zero attached hydrogens (tertiary/aromatic N) is 3. The van der Waals surface area contributed by atoms with Crippen LogP contribution < -0.4 is 0 Å². The van der Waals surface area contributed by atoms with E-state index in [1.165, 1.54) is 19.4 Å². The van der Waals surface area contributed by atoms with Crippen LogP contribution in [0.15, 0.2) is 0 Å². The minimum Gasteiger partial charge on any atom is -0.297 e. The van der Waals surface area contributed by atoms with E-state index in [-0.39, 0.29) is 5.54 Å². The molecular weight excluding hydrogens is 186 g/mol. The van der Waals surface area contributed by atoms with Gasteiger partial charge in [-0.1, -0.05) is 0 Å². The third-order valence-electron chi connectivity index (χ3n) is 3.29. The first-order chi connectivity index (χ1) is 6.95. The molecule has 1 rings (SSSR count). The SMILES string of the molecule is CN(CC#N)C1CCCN(C(C)(C)C)C1. The molecule has 0 saturated carbocycles. The number of hydrogen-bond donors (Lipinski definition) is 0. The van der Waals surface area contributed by atoms with E-state index in [0.29, 0.717) is 12.6 Å². The zero-order valence-corrected chi connectivity index (χ0v) is 10.5. The van der Waals surface area contributed by atoms with Crippen molar-refractivity contribution in [2.24, 2.45) is 0 Å². The summed E-state index contributed by atoms with van der Waals surface area (Å²) in [5, 5.41) is 8.69. The van der Waals surface area contributed by atoms with E-state index in [9.17, 15) is 0 Å². The average molecular weight is 209 g/mol. The van der Waals surface area contributed by atoms with Crippen molar-refractivity contribution in [1.29, 1.82) is 5.26 Å². The van der Waals surface area contributed by atoms with Gasteiger partial charge in [0.15, 0.2) is 0 Å². The van der Waals surface area contributed by atoms with Crippen LogP contribution in [0.1, 0.15) is 33.6 Å². The minimum atomic E-state index is 0.256. The second kappa shape index (κ2) is 4.96. The Bertz CT molecular complexity index is 236. The third kappa shape index (κ3) is 3.48. The van der Waals surface area contributed by atoms with Crippen molar-refractivity contribution in [1.82, 2.24) is 9.80 Å². The fourth-order valence-electron chi connectivity index (χ4n) is 2.16. The second-order valence-corrected chi connectivity index (χ2v) is 5.49. The lowest BCUT2D eigenvalue weighted by Gasteiger charge is -2.43. The van der Waals surface area contributed by atoms with Gasteiger partial charge in [0.25, 0.3) is 0 Å². The van der Waals surface area contributed by atoms with Gasteiger partial charge in [0.1, 0.15) is 0 Å². The van der Waals surface area contributed by atoms with Crippen molar-refractivity contribution in [2.45, 2.75) is 45.2 Å². The molecule has 1 aliphatic heterocycles. The maximum Gasteiger partial charge on any atom is 0.0866 e. The first-order valence-corrected chi connectivity index (χ1v) is 5.77. The lowest BCUT2D eigenvalue weighted by atomic mass is 9.97. The first kappa shape index (κ1) is 12.5. The van der Waals surface area contributed by atoms with Gasteiger partial charge in [-0.15, -0.1) is 0 Å². The van der Waals surface area contributed by atoms with Crippen molar-refractivity contribution in [3.63, 3.8) is 0 Å². The highest BCUT2D eigenvalue weighted by Crippen LogP contribution is 2.22. The molecule has 0 aromatic heterocycles. The third-order valence-corrected chi connectivity index (χ3v) is 3.29. The van der Waals surface area contributed by atoms with Crippen LogP contribution >= 0.6 is 0 Å². The molecule has 1 saturated heterocycles. The molecule has 0 radical (unpaired) electrons. The Morgan fingerprint density at radius 3 is 2.67 bits per heavy atom. The molecule has 1 fully saturated rings. The summed E-state index contributed by atoms with van der Waals surface area (Å²) >= 11 is 0. The zero-order chi connectivity index (χ0) is 11.5. The Labute approximate surface area is 93.7 Å². The standard InChI is InChI=1S/C12H23N3/c1-12(2,3)15-8-5-6-11(10-15)14(4)9-7-13/h11H,5-6,8-10H2,1-4H3. The van der Waals surface area contributed by atoms with E-state index < -0.39 is 0 Å². The summed E-state index contributed by atoms with van der Waals surface area (Å²) in [5.41, 5.74) is 0.256. The molecule has 1 heterocycles. The molecule has 1 unspecified atom stereocenters. The Hall–Kier alpha value is -0.590. The summed E-state index contributed by atoms with van der Waals surface area (Å²) in [5.74, 6) is 0. The maximum absolute atomic E-state index is 8.69. The molecule has 3 nitrogen and oxygen atoms in total. The fraction of sp³-hybridized carbons (Fsp3) is 0.917. The van der Waals surface area contributed by atoms with E-state index in [4.69, 9.17) is 5.26 Å². The monoisotopic (exact) mass is 209 g/mol. The van der Waals surface area contributed by atoms with Crippen LogP contribution in [0.2, 0.25) is 0 Å². The van der Waals surface area contributed by atoms with Crippen molar-refractivity contribution < 1.29 is 0 Å². The van der Waals surface area contributed by atoms with E-state index >= 15 is 0 Å². The van der Waals surface area contributed by atoms with Gasteiger partial charge >= 0.3 is 0 Å². The molecule has 1 aliphatic rings. The van der Waals surface area contributed by atoms with Gasteiger partial charge < -0.3 is 0 Å². The quantitative estimate of drug-likeness (QED) is 0.649. The number of rotatable bonds is 2. The van der Waals surface area contributed by atoms with Gasteiger partial charge in [-0.05, 0) is 47.2 Å². The van der Waals surface area contributed by atoms with Gasteiger partial charge in [0.05, 0.1) is 12.6 Å². The predicted molar refractivity (Wildman–Crippen MR) is 62.6 cm³/mol. The van der Waals surface area contributed by atoms with Crippen molar-refractivity contribution >= 4 is 0 Å². The van der Waals surface area contributed by atoms with E-state index in [1.807, 2.05) is 0 Å². The summed E-state index contributed by atoms with van der Waals surface area (Å²) in [6.07, 6.45) is 2.47. The van der Waals surface area contributed by atoms with E-state index in [1.54, 1.807) is 0 Å². The second-order valence-electron chi connectivity index (χ2n) is 5.49. The zero-order valence-electron chi connectivity index (χ0n) is 10.5.